The fourth-order valence-corrected chi connectivity index (χ4v) is 2.03. The molecule has 0 aromatic heterocycles. The molecule has 3 heteroatoms. The molecular weight excluding hydrogens is 205 g/mol. The molecule has 1 unspecified atom stereocenters. The predicted molar refractivity (Wildman–Crippen MR) is 66.7 cm³/mol. The third kappa shape index (κ3) is 2.38. The molecule has 0 spiro atoms. The Labute approximate surface area is 93.0 Å². The van der Waals surface area contributed by atoms with Gasteiger partial charge >= 0.3 is 0 Å². The quantitative estimate of drug-likeness (QED) is 0.717. The molecule has 1 aliphatic heterocycles. The number of aryl methyl sites for hydroxylation is 1. The van der Waals surface area contributed by atoms with Crippen LogP contribution in [0.1, 0.15) is 18.1 Å². The Balaban J connectivity index is 2.30. The van der Waals surface area contributed by atoms with E-state index < -0.39 is 0 Å². The van der Waals surface area contributed by atoms with Gasteiger partial charge in [0, 0.05) is 5.56 Å². The van der Waals surface area contributed by atoms with Crippen LogP contribution in [0.3, 0.4) is 0 Å². The molecule has 0 amide bonds. The zero-order valence-corrected chi connectivity index (χ0v) is 10.1. The number of nitrogens with zero attached hydrogens (tertiary/aromatic N) is 1. The van der Waals surface area contributed by atoms with E-state index in [1.807, 2.05) is 6.07 Å². The molecule has 1 aromatic rings. The summed E-state index contributed by atoms with van der Waals surface area (Å²) in [6.45, 7) is 2.79. The lowest BCUT2D eigenvalue weighted by Gasteiger charge is -2.07. The van der Waals surface area contributed by atoms with Crippen molar-refractivity contribution in [3.63, 3.8) is 0 Å². The summed E-state index contributed by atoms with van der Waals surface area (Å²) in [5.74, 6) is 0.816. The first-order chi connectivity index (χ1) is 7.31. The molecule has 2 rings (SSSR count). The summed E-state index contributed by atoms with van der Waals surface area (Å²) in [7, 11) is 2.76. The molecule has 1 aliphatic rings. The van der Waals surface area contributed by atoms with Crippen LogP contribution in [0.15, 0.2) is 29.3 Å². The van der Waals surface area contributed by atoms with Crippen LogP contribution in [0.25, 0.3) is 0 Å². The third-order valence-corrected chi connectivity index (χ3v) is 2.75. The van der Waals surface area contributed by atoms with Crippen molar-refractivity contribution in [2.45, 2.75) is 19.4 Å². The van der Waals surface area contributed by atoms with Gasteiger partial charge in [0.15, 0.2) is 0 Å². The SMILES string of the molecule is C[C@H]1COC(c2ccccc2CCP)=N1. The minimum atomic E-state index is 0.295. The summed E-state index contributed by atoms with van der Waals surface area (Å²) < 4.78 is 5.58. The lowest BCUT2D eigenvalue weighted by Crippen LogP contribution is -2.05. The summed E-state index contributed by atoms with van der Waals surface area (Å²) in [6.07, 6.45) is 2.12. The van der Waals surface area contributed by atoms with Crippen LogP contribution in [0, 0.1) is 0 Å². The molecule has 2 nitrogen and oxygen atoms in total. The Hall–Kier alpha value is -0.880. The van der Waals surface area contributed by atoms with E-state index in [4.69, 9.17) is 4.74 Å². The van der Waals surface area contributed by atoms with E-state index in [-0.39, 0.29) is 0 Å². The summed E-state index contributed by atoms with van der Waals surface area (Å²) in [5, 5.41) is 0. The highest BCUT2D eigenvalue weighted by atomic mass is 31.0. The van der Waals surface area contributed by atoms with Crippen LogP contribution in [-0.2, 0) is 11.2 Å². The van der Waals surface area contributed by atoms with Crippen molar-refractivity contribution >= 4 is 15.1 Å². The van der Waals surface area contributed by atoms with Gasteiger partial charge in [0.25, 0.3) is 0 Å². The van der Waals surface area contributed by atoms with Crippen LogP contribution in [-0.4, -0.2) is 24.7 Å². The van der Waals surface area contributed by atoms with Crippen molar-refractivity contribution in [2.75, 3.05) is 12.8 Å². The van der Waals surface area contributed by atoms with Crippen molar-refractivity contribution in [3.05, 3.63) is 35.4 Å². The Morgan fingerprint density at radius 1 is 1.47 bits per heavy atom. The first kappa shape index (κ1) is 10.6. The molecule has 0 N–H and O–H groups in total. The standard InChI is InChI=1S/C12H16NOP/c1-9-8-14-12(13-9)11-5-3-2-4-10(11)6-7-15/h2-5,9H,6-8,15H2,1H3/t9-/m0/s1. The maximum absolute atomic E-state index is 5.58. The molecule has 0 saturated carbocycles. The van der Waals surface area contributed by atoms with E-state index in [1.165, 1.54) is 5.56 Å². The monoisotopic (exact) mass is 221 g/mol. The number of rotatable bonds is 3. The number of ether oxygens (including phenoxy) is 1. The average Bonchev–Trinajstić information content (AvgIpc) is 2.66. The van der Waals surface area contributed by atoms with E-state index in [9.17, 15) is 0 Å². The van der Waals surface area contributed by atoms with Crippen LogP contribution in [0.2, 0.25) is 0 Å². The van der Waals surface area contributed by atoms with Crippen LogP contribution in [0.4, 0.5) is 0 Å². The highest BCUT2D eigenvalue weighted by Gasteiger charge is 2.17. The molecular formula is C12H16NOP. The molecule has 2 atom stereocenters. The lowest BCUT2D eigenvalue weighted by molar-refractivity contribution is 0.324. The number of hydrogen-bond acceptors (Lipinski definition) is 2. The normalized spacial score (nSPS) is 19.9. The number of hydrogen-bond donors (Lipinski definition) is 0. The van der Waals surface area contributed by atoms with Crippen molar-refractivity contribution in [1.29, 1.82) is 0 Å². The zero-order chi connectivity index (χ0) is 10.7. The topological polar surface area (TPSA) is 21.6 Å². The second-order valence-electron chi connectivity index (χ2n) is 3.79. The minimum absolute atomic E-state index is 0.295. The minimum Gasteiger partial charge on any atom is -0.475 e. The van der Waals surface area contributed by atoms with Crippen molar-refractivity contribution in [3.8, 4) is 0 Å². The van der Waals surface area contributed by atoms with Gasteiger partial charge in [-0.25, -0.2) is 4.99 Å². The van der Waals surface area contributed by atoms with Crippen molar-refractivity contribution in [1.82, 2.24) is 0 Å². The van der Waals surface area contributed by atoms with Gasteiger partial charge in [-0.2, -0.15) is 0 Å². The van der Waals surface area contributed by atoms with Crippen molar-refractivity contribution < 1.29 is 4.74 Å². The van der Waals surface area contributed by atoms with Crippen molar-refractivity contribution in [2.24, 2.45) is 4.99 Å². The van der Waals surface area contributed by atoms with Gasteiger partial charge in [0.1, 0.15) is 6.61 Å². The Kier molecular flexibility index (Phi) is 3.37. The van der Waals surface area contributed by atoms with Crippen LogP contribution < -0.4 is 0 Å². The second kappa shape index (κ2) is 4.76. The predicted octanol–water partition coefficient (Wildman–Crippen LogP) is 2.27. The smallest absolute Gasteiger partial charge is 0.216 e. The molecule has 1 aromatic carbocycles. The van der Waals surface area contributed by atoms with Gasteiger partial charge in [-0.1, -0.05) is 18.2 Å². The van der Waals surface area contributed by atoms with E-state index in [2.05, 4.69) is 39.4 Å². The second-order valence-corrected chi connectivity index (χ2v) is 4.37. The number of benzene rings is 1. The molecule has 0 aliphatic carbocycles. The van der Waals surface area contributed by atoms with E-state index in [0.717, 1.165) is 24.0 Å². The molecule has 0 radical (unpaired) electrons. The maximum Gasteiger partial charge on any atom is 0.216 e. The van der Waals surface area contributed by atoms with Gasteiger partial charge < -0.3 is 4.74 Å². The summed E-state index contributed by atoms with van der Waals surface area (Å²) in [4.78, 5) is 4.49. The fraction of sp³-hybridized carbons (Fsp3) is 0.417. The summed E-state index contributed by atoms with van der Waals surface area (Å²) >= 11 is 0. The van der Waals surface area contributed by atoms with Gasteiger partial charge in [0.05, 0.1) is 6.04 Å². The van der Waals surface area contributed by atoms with Gasteiger partial charge in [-0.05, 0) is 31.1 Å². The lowest BCUT2D eigenvalue weighted by atomic mass is 10.1. The highest BCUT2D eigenvalue weighted by Crippen LogP contribution is 2.17. The largest absolute Gasteiger partial charge is 0.475 e. The van der Waals surface area contributed by atoms with Gasteiger partial charge in [-0.3, -0.25) is 0 Å². The molecule has 1 heterocycles. The third-order valence-electron chi connectivity index (χ3n) is 2.46. The molecule has 0 bridgehead atoms. The number of aliphatic imine (C=N–C) groups is 1. The fourth-order valence-electron chi connectivity index (χ4n) is 1.72. The Morgan fingerprint density at radius 3 is 2.93 bits per heavy atom. The Morgan fingerprint density at radius 2 is 2.27 bits per heavy atom. The molecule has 0 fully saturated rings. The Bertz CT molecular complexity index is 376. The zero-order valence-electron chi connectivity index (χ0n) is 8.94. The first-order valence-electron chi connectivity index (χ1n) is 5.30. The highest BCUT2D eigenvalue weighted by molar-refractivity contribution is 7.16. The molecule has 80 valence electrons. The molecule has 15 heavy (non-hydrogen) atoms. The van der Waals surface area contributed by atoms with Gasteiger partial charge in [0.2, 0.25) is 5.90 Å². The molecule has 0 saturated heterocycles. The van der Waals surface area contributed by atoms with Crippen LogP contribution >= 0.6 is 9.24 Å². The summed E-state index contributed by atoms with van der Waals surface area (Å²) in [5.41, 5.74) is 2.48. The van der Waals surface area contributed by atoms with E-state index in [1.54, 1.807) is 0 Å². The first-order valence-corrected chi connectivity index (χ1v) is 6.12. The van der Waals surface area contributed by atoms with E-state index in [0.29, 0.717) is 12.6 Å². The van der Waals surface area contributed by atoms with E-state index >= 15 is 0 Å². The summed E-state index contributed by atoms with van der Waals surface area (Å²) in [6, 6.07) is 8.64. The van der Waals surface area contributed by atoms with Gasteiger partial charge in [-0.15, -0.1) is 9.24 Å². The maximum atomic E-state index is 5.58. The van der Waals surface area contributed by atoms with Crippen LogP contribution in [0.5, 0.6) is 0 Å². The average molecular weight is 221 g/mol.